The van der Waals surface area contributed by atoms with Crippen molar-refractivity contribution >= 4 is 11.9 Å². The first-order valence-electron chi connectivity index (χ1n) is 10.1. The molecule has 5 heteroatoms. The molecule has 5 nitrogen and oxygen atoms in total. The first-order valence-corrected chi connectivity index (χ1v) is 10.1. The Labute approximate surface area is 158 Å². The van der Waals surface area contributed by atoms with Crippen LogP contribution >= 0.6 is 0 Å². The summed E-state index contributed by atoms with van der Waals surface area (Å²) in [6.07, 6.45) is 8.79. The molecule has 5 unspecified atom stereocenters. The molecular formula is C21H36O5. The monoisotopic (exact) mass is 368 g/mol. The lowest BCUT2D eigenvalue weighted by Gasteiger charge is -2.33. The zero-order valence-electron chi connectivity index (χ0n) is 17.1. The summed E-state index contributed by atoms with van der Waals surface area (Å²) in [5.41, 5.74) is 0.0981. The fraction of sp³-hybridized carbons (Fsp3) is 0.905. The highest BCUT2D eigenvalue weighted by molar-refractivity contribution is 5.82. The van der Waals surface area contributed by atoms with Gasteiger partial charge in [0.15, 0.2) is 0 Å². The van der Waals surface area contributed by atoms with Crippen molar-refractivity contribution < 1.29 is 23.8 Å². The molecule has 0 aromatic rings. The number of carbonyl (C=O) groups excluding carboxylic acids is 2. The first-order chi connectivity index (χ1) is 12.3. The standard InChI is InChI=1S/C21H36O5/c1-14(9-12-18-21(2,3)26-18)7-6-8-15-10-11-16(19(22)24-4)17(13-15)20(23)25-5/h14-18H,6-13H2,1-5H3. The molecule has 1 saturated heterocycles. The summed E-state index contributed by atoms with van der Waals surface area (Å²) in [5, 5.41) is 0. The van der Waals surface area contributed by atoms with Crippen molar-refractivity contribution in [1.29, 1.82) is 0 Å². The van der Waals surface area contributed by atoms with E-state index in [1.54, 1.807) is 0 Å². The lowest BCUT2D eigenvalue weighted by atomic mass is 9.72. The predicted octanol–water partition coefficient (Wildman–Crippen LogP) is 4.13. The molecule has 0 spiro atoms. The van der Waals surface area contributed by atoms with Crippen LogP contribution in [0, 0.1) is 23.7 Å². The van der Waals surface area contributed by atoms with E-state index in [0.29, 0.717) is 17.9 Å². The number of ether oxygens (including phenoxy) is 3. The Bertz CT molecular complexity index is 487. The summed E-state index contributed by atoms with van der Waals surface area (Å²) in [5.74, 6) is -0.0404. The third-order valence-corrected chi connectivity index (χ3v) is 6.36. The van der Waals surface area contributed by atoms with Gasteiger partial charge in [-0.2, -0.15) is 0 Å². The highest BCUT2D eigenvalue weighted by Crippen LogP contribution is 2.40. The van der Waals surface area contributed by atoms with Crippen molar-refractivity contribution in [3.8, 4) is 0 Å². The zero-order valence-corrected chi connectivity index (χ0v) is 17.1. The Hall–Kier alpha value is -1.10. The van der Waals surface area contributed by atoms with Gasteiger partial charge in [0.25, 0.3) is 0 Å². The van der Waals surface area contributed by atoms with Crippen LogP contribution in [0.2, 0.25) is 0 Å². The largest absolute Gasteiger partial charge is 0.469 e. The Morgan fingerprint density at radius 2 is 1.65 bits per heavy atom. The number of esters is 2. The van der Waals surface area contributed by atoms with Gasteiger partial charge in [-0.05, 0) is 57.8 Å². The molecule has 5 atom stereocenters. The molecule has 0 amide bonds. The molecule has 2 aliphatic rings. The molecule has 2 rings (SSSR count). The molecule has 0 radical (unpaired) electrons. The van der Waals surface area contributed by atoms with E-state index >= 15 is 0 Å². The SMILES string of the molecule is COC(=O)C1CCC(CCCC(C)CCC2OC2(C)C)CC1C(=O)OC. The van der Waals surface area contributed by atoms with Crippen molar-refractivity contribution in [3.63, 3.8) is 0 Å². The van der Waals surface area contributed by atoms with Gasteiger partial charge in [-0.1, -0.05) is 26.2 Å². The molecule has 1 saturated carbocycles. The predicted molar refractivity (Wildman–Crippen MR) is 99.6 cm³/mol. The van der Waals surface area contributed by atoms with Crippen molar-refractivity contribution in [2.45, 2.75) is 83.8 Å². The van der Waals surface area contributed by atoms with E-state index in [1.165, 1.54) is 33.5 Å². The first kappa shape index (κ1) is 21.2. The van der Waals surface area contributed by atoms with Gasteiger partial charge in [0.2, 0.25) is 0 Å². The molecule has 0 bridgehead atoms. The average Bonchev–Trinajstić information content (AvgIpc) is 3.25. The van der Waals surface area contributed by atoms with Crippen LogP contribution in [-0.4, -0.2) is 37.9 Å². The minimum atomic E-state index is -0.349. The molecule has 1 aliphatic heterocycles. The average molecular weight is 369 g/mol. The van der Waals surface area contributed by atoms with Crippen LogP contribution in [0.15, 0.2) is 0 Å². The number of methoxy groups -OCH3 is 2. The lowest BCUT2D eigenvalue weighted by molar-refractivity contribution is -0.160. The molecule has 0 aromatic heterocycles. The topological polar surface area (TPSA) is 65.1 Å². The maximum Gasteiger partial charge on any atom is 0.309 e. The smallest absolute Gasteiger partial charge is 0.309 e. The quantitative estimate of drug-likeness (QED) is 0.452. The van der Waals surface area contributed by atoms with Crippen LogP contribution in [0.4, 0.5) is 0 Å². The second kappa shape index (κ2) is 9.20. The zero-order chi connectivity index (χ0) is 19.3. The van der Waals surface area contributed by atoms with E-state index in [9.17, 15) is 9.59 Å². The molecular weight excluding hydrogens is 332 g/mol. The lowest BCUT2D eigenvalue weighted by Crippen LogP contribution is -2.37. The van der Waals surface area contributed by atoms with E-state index in [4.69, 9.17) is 14.2 Å². The highest BCUT2D eigenvalue weighted by atomic mass is 16.6. The van der Waals surface area contributed by atoms with E-state index in [0.717, 1.165) is 32.1 Å². The van der Waals surface area contributed by atoms with Gasteiger partial charge in [-0.3, -0.25) is 9.59 Å². The molecule has 150 valence electrons. The molecule has 26 heavy (non-hydrogen) atoms. The van der Waals surface area contributed by atoms with Gasteiger partial charge in [-0.15, -0.1) is 0 Å². The molecule has 1 heterocycles. The minimum Gasteiger partial charge on any atom is -0.469 e. The van der Waals surface area contributed by atoms with Crippen LogP contribution in [0.5, 0.6) is 0 Å². The van der Waals surface area contributed by atoms with Gasteiger partial charge >= 0.3 is 11.9 Å². The van der Waals surface area contributed by atoms with Crippen LogP contribution in [-0.2, 0) is 23.8 Å². The van der Waals surface area contributed by atoms with Crippen molar-refractivity contribution in [2.24, 2.45) is 23.7 Å². The fourth-order valence-corrected chi connectivity index (χ4v) is 4.44. The molecule has 1 aliphatic carbocycles. The minimum absolute atomic E-state index is 0.0981. The van der Waals surface area contributed by atoms with E-state index in [2.05, 4.69) is 20.8 Å². The molecule has 0 aromatic carbocycles. The van der Waals surface area contributed by atoms with Crippen molar-refractivity contribution in [3.05, 3.63) is 0 Å². The van der Waals surface area contributed by atoms with Crippen LogP contribution in [0.1, 0.15) is 72.1 Å². The molecule has 0 N–H and O–H groups in total. The maximum absolute atomic E-state index is 12.1. The van der Waals surface area contributed by atoms with Gasteiger partial charge in [0.05, 0.1) is 37.8 Å². The van der Waals surface area contributed by atoms with Crippen LogP contribution in [0.25, 0.3) is 0 Å². The second-order valence-corrected chi connectivity index (χ2v) is 8.76. The summed E-state index contributed by atoms with van der Waals surface area (Å²) in [6, 6.07) is 0. The summed E-state index contributed by atoms with van der Waals surface area (Å²) < 4.78 is 15.5. The summed E-state index contributed by atoms with van der Waals surface area (Å²) in [7, 11) is 2.78. The highest BCUT2D eigenvalue weighted by Gasteiger charge is 2.47. The van der Waals surface area contributed by atoms with E-state index in [1.807, 2.05) is 0 Å². The fourth-order valence-electron chi connectivity index (χ4n) is 4.44. The number of rotatable bonds is 9. The second-order valence-electron chi connectivity index (χ2n) is 8.76. The number of hydrogen-bond acceptors (Lipinski definition) is 5. The Balaban J connectivity index is 1.70. The Kier molecular flexibility index (Phi) is 7.51. The van der Waals surface area contributed by atoms with Crippen LogP contribution < -0.4 is 0 Å². The summed E-state index contributed by atoms with van der Waals surface area (Å²) >= 11 is 0. The van der Waals surface area contributed by atoms with Gasteiger partial charge in [0.1, 0.15) is 0 Å². The number of carbonyl (C=O) groups is 2. The number of hydrogen-bond donors (Lipinski definition) is 0. The third kappa shape index (κ3) is 5.70. The summed E-state index contributed by atoms with van der Waals surface area (Å²) in [4.78, 5) is 24.0. The van der Waals surface area contributed by atoms with Gasteiger partial charge in [0, 0.05) is 0 Å². The van der Waals surface area contributed by atoms with Gasteiger partial charge in [-0.25, -0.2) is 0 Å². The van der Waals surface area contributed by atoms with Crippen LogP contribution in [0.3, 0.4) is 0 Å². The van der Waals surface area contributed by atoms with Gasteiger partial charge < -0.3 is 14.2 Å². The van der Waals surface area contributed by atoms with E-state index < -0.39 is 0 Å². The van der Waals surface area contributed by atoms with E-state index in [-0.39, 0.29) is 29.4 Å². The Morgan fingerprint density at radius 3 is 2.23 bits per heavy atom. The normalized spacial score (nSPS) is 31.1. The molecule has 2 fully saturated rings. The van der Waals surface area contributed by atoms with Crippen molar-refractivity contribution in [1.82, 2.24) is 0 Å². The Morgan fingerprint density at radius 1 is 1.04 bits per heavy atom. The maximum atomic E-state index is 12.1. The third-order valence-electron chi connectivity index (χ3n) is 6.36. The number of epoxide rings is 1. The summed E-state index contributed by atoms with van der Waals surface area (Å²) in [6.45, 7) is 6.64. The van der Waals surface area contributed by atoms with Crippen molar-refractivity contribution in [2.75, 3.05) is 14.2 Å².